The van der Waals surface area contributed by atoms with Gasteiger partial charge in [-0.3, -0.25) is 14.3 Å². The number of aryl methyl sites for hydroxylation is 2. The number of hydrogen-bond donors (Lipinski definition) is 3. The zero-order valence-corrected chi connectivity index (χ0v) is 16.2. The van der Waals surface area contributed by atoms with Gasteiger partial charge in [-0.2, -0.15) is 4.98 Å². The number of aromatic amines is 1. The number of ether oxygens (including phenoxy) is 1. The minimum Gasteiger partial charge on any atom is -0.491 e. The van der Waals surface area contributed by atoms with Gasteiger partial charge in [0.1, 0.15) is 18.5 Å². The highest BCUT2D eigenvalue weighted by atomic mass is 16.5. The molecule has 3 rings (SSSR count). The SMILES string of the molecule is CCNc1nc2c(c(=O)[nH]c(=O)n2C)n1C[C@@H](O)COc1cccc(CC)c1. The molecule has 0 saturated carbocycles. The van der Waals surface area contributed by atoms with Crippen LogP contribution in [-0.2, 0) is 20.0 Å². The van der Waals surface area contributed by atoms with Crippen molar-refractivity contribution >= 4 is 17.1 Å². The molecule has 0 amide bonds. The Bertz CT molecular complexity index is 1080. The molecule has 1 aromatic carbocycles. The van der Waals surface area contributed by atoms with E-state index in [1.807, 2.05) is 31.2 Å². The normalized spacial score (nSPS) is 12.3. The first-order valence-electron chi connectivity index (χ1n) is 9.27. The molecule has 0 aliphatic carbocycles. The van der Waals surface area contributed by atoms with Crippen LogP contribution in [0.15, 0.2) is 33.9 Å². The highest BCUT2D eigenvalue weighted by Gasteiger charge is 2.19. The van der Waals surface area contributed by atoms with Crippen molar-refractivity contribution in [3.63, 3.8) is 0 Å². The van der Waals surface area contributed by atoms with Gasteiger partial charge in [0, 0.05) is 13.6 Å². The molecule has 0 unspecified atom stereocenters. The van der Waals surface area contributed by atoms with E-state index in [9.17, 15) is 14.7 Å². The number of aliphatic hydroxyl groups excluding tert-OH is 1. The van der Waals surface area contributed by atoms with Crippen LogP contribution in [0.4, 0.5) is 5.95 Å². The topological polar surface area (TPSA) is 114 Å². The van der Waals surface area contributed by atoms with E-state index in [1.54, 1.807) is 4.57 Å². The fourth-order valence-corrected chi connectivity index (χ4v) is 3.02. The Hall–Kier alpha value is -3.07. The van der Waals surface area contributed by atoms with Crippen molar-refractivity contribution < 1.29 is 9.84 Å². The monoisotopic (exact) mass is 387 g/mol. The van der Waals surface area contributed by atoms with Gasteiger partial charge < -0.3 is 19.7 Å². The quantitative estimate of drug-likeness (QED) is 0.528. The Morgan fingerprint density at radius 2 is 2.11 bits per heavy atom. The number of rotatable bonds is 8. The second kappa shape index (κ2) is 8.30. The third kappa shape index (κ3) is 3.94. The molecule has 9 nitrogen and oxygen atoms in total. The first-order chi connectivity index (χ1) is 13.4. The highest BCUT2D eigenvalue weighted by molar-refractivity contribution is 5.74. The lowest BCUT2D eigenvalue weighted by Crippen LogP contribution is -2.31. The van der Waals surface area contributed by atoms with Gasteiger partial charge in [-0.15, -0.1) is 0 Å². The lowest BCUT2D eigenvalue weighted by atomic mass is 10.2. The Morgan fingerprint density at radius 1 is 1.32 bits per heavy atom. The van der Waals surface area contributed by atoms with Crippen molar-refractivity contribution in [2.24, 2.45) is 7.05 Å². The van der Waals surface area contributed by atoms with Crippen molar-refractivity contribution in [1.82, 2.24) is 19.1 Å². The second-order valence-electron chi connectivity index (χ2n) is 6.53. The summed E-state index contributed by atoms with van der Waals surface area (Å²) in [5, 5.41) is 13.6. The summed E-state index contributed by atoms with van der Waals surface area (Å²) in [5.74, 6) is 1.09. The van der Waals surface area contributed by atoms with Gasteiger partial charge in [-0.1, -0.05) is 19.1 Å². The van der Waals surface area contributed by atoms with E-state index in [0.717, 1.165) is 12.0 Å². The van der Waals surface area contributed by atoms with Gasteiger partial charge in [0.2, 0.25) is 5.95 Å². The molecule has 9 heteroatoms. The molecule has 28 heavy (non-hydrogen) atoms. The zero-order valence-electron chi connectivity index (χ0n) is 16.2. The third-order valence-corrected chi connectivity index (χ3v) is 4.48. The van der Waals surface area contributed by atoms with E-state index in [2.05, 4.69) is 22.2 Å². The molecule has 0 radical (unpaired) electrons. The van der Waals surface area contributed by atoms with Gasteiger partial charge in [-0.25, -0.2) is 4.79 Å². The van der Waals surface area contributed by atoms with Crippen LogP contribution < -0.4 is 21.3 Å². The molecule has 0 bridgehead atoms. The molecule has 0 aliphatic heterocycles. The summed E-state index contributed by atoms with van der Waals surface area (Å²) in [5.41, 5.74) is 0.552. The van der Waals surface area contributed by atoms with Crippen LogP contribution >= 0.6 is 0 Å². The lowest BCUT2D eigenvalue weighted by Gasteiger charge is -2.16. The minimum atomic E-state index is -0.878. The number of H-pyrrole nitrogens is 1. The highest BCUT2D eigenvalue weighted by Crippen LogP contribution is 2.17. The molecule has 3 aromatic rings. The fourth-order valence-electron chi connectivity index (χ4n) is 3.02. The Labute approximate surface area is 161 Å². The Balaban J connectivity index is 1.86. The maximum absolute atomic E-state index is 12.4. The molecular weight excluding hydrogens is 362 g/mol. The van der Waals surface area contributed by atoms with E-state index in [4.69, 9.17) is 4.74 Å². The van der Waals surface area contributed by atoms with Gasteiger partial charge >= 0.3 is 5.69 Å². The molecule has 0 aliphatic rings. The first kappa shape index (κ1) is 19.7. The number of imidazole rings is 1. The number of aromatic nitrogens is 4. The summed E-state index contributed by atoms with van der Waals surface area (Å²) in [6.45, 7) is 4.68. The summed E-state index contributed by atoms with van der Waals surface area (Å²) < 4.78 is 8.55. The number of fused-ring (bicyclic) bond motifs is 1. The molecule has 2 heterocycles. The standard InChI is InChI=1S/C19H25N5O4/c1-4-12-7-6-8-14(9-12)28-11-13(25)10-24-15-16(21-18(24)20-5-2)23(3)19(27)22-17(15)26/h6-9,13,25H,4-5,10-11H2,1-3H3,(H,20,21)(H,22,26,27)/t13-/m1/s1. The van der Waals surface area contributed by atoms with Crippen molar-refractivity contribution in [2.75, 3.05) is 18.5 Å². The molecule has 150 valence electrons. The molecular formula is C19H25N5O4. The Kier molecular flexibility index (Phi) is 5.84. The molecule has 0 fully saturated rings. The number of nitrogens with zero attached hydrogens (tertiary/aromatic N) is 3. The summed E-state index contributed by atoms with van der Waals surface area (Å²) in [6, 6.07) is 7.69. The third-order valence-electron chi connectivity index (χ3n) is 4.48. The van der Waals surface area contributed by atoms with E-state index < -0.39 is 17.4 Å². The van der Waals surface area contributed by atoms with Gasteiger partial charge in [0.15, 0.2) is 11.2 Å². The molecule has 0 spiro atoms. The zero-order chi connectivity index (χ0) is 20.3. The van der Waals surface area contributed by atoms with Crippen LogP contribution in [0.5, 0.6) is 5.75 Å². The largest absolute Gasteiger partial charge is 0.491 e. The van der Waals surface area contributed by atoms with Crippen LogP contribution in [0.3, 0.4) is 0 Å². The van der Waals surface area contributed by atoms with E-state index in [1.165, 1.54) is 11.6 Å². The van der Waals surface area contributed by atoms with Crippen molar-refractivity contribution in [2.45, 2.75) is 32.9 Å². The smallest absolute Gasteiger partial charge is 0.329 e. The van der Waals surface area contributed by atoms with Crippen LogP contribution in [0, 0.1) is 0 Å². The molecule has 3 N–H and O–H groups in total. The summed E-state index contributed by atoms with van der Waals surface area (Å²) in [7, 11) is 1.54. The van der Waals surface area contributed by atoms with E-state index >= 15 is 0 Å². The number of benzene rings is 1. The van der Waals surface area contributed by atoms with Crippen molar-refractivity contribution in [3.8, 4) is 5.75 Å². The average molecular weight is 387 g/mol. The van der Waals surface area contributed by atoms with Crippen LogP contribution in [0.2, 0.25) is 0 Å². The predicted octanol–water partition coefficient (Wildman–Crippen LogP) is 0.857. The van der Waals surface area contributed by atoms with E-state index in [0.29, 0.717) is 18.2 Å². The number of aliphatic hydroxyl groups is 1. The summed E-state index contributed by atoms with van der Waals surface area (Å²) in [6.07, 6.45) is 0.0191. The number of nitrogens with one attached hydrogen (secondary N) is 2. The molecule has 1 atom stereocenters. The molecule has 2 aromatic heterocycles. The van der Waals surface area contributed by atoms with Crippen LogP contribution in [0.1, 0.15) is 19.4 Å². The van der Waals surface area contributed by atoms with Crippen molar-refractivity contribution in [3.05, 3.63) is 50.7 Å². The minimum absolute atomic E-state index is 0.0576. The predicted molar refractivity (Wildman–Crippen MR) is 107 cm³/mol. The second-order valence-corrected chi connectivity index (χ2v) is 6.53. The Morgan fingerprint density at radius 3 is 2.82 bits per heavy atom. The summed E-state index contributed by atoms with van der Waals surface area (Å²) in [4.78, 5) is 30.8. The van der Waals surface area contributed by atoms with Gasteiger partial charge in [-0.05, 0) is 31.0 Å². The maximum Gasteiger partial charge on any atom is 0.329 e. The average Bonchev–Trinajstić information content (AvgIpc) is 3.04. The number of hydrogen-bond acceptors (Lipinski definition) is 6. The number of anilines is 1. The summed E-state index contributed by atoms with van der Waals surface area (Å²) >= 11 is 0. The fraction of sp³-hybridized carbons (Fsp3) is 0.421. The van der Waals surface area contributed by atoms with Gasteiger partial charge in [0.25, 0.3) is 5.56 Å². The maximum atomic E-state index is 12.4. The molecule has 0 saturated heterocycles. The van der Waals surface area contributed by atoms with E-state index in [-0.39, 0.29) is 24.3 Å². The van der Waals surface area contributed by atoms with Crippen molar-refractivity contribution in [1.29, 1.82) is 0 Å². The lowest BCUT2D eigenvalue weighted by molar-refractivity contribution is 0.0938. The van der Waals surface area contributed by atoms with Crippen LogP contribution in [0.25, 0.3) is 11.2 Å². The first-order valence-corrected chi connectivity index (χ1v) is 9.27. The van der Waals surface area contributed by atoms with Crippen LogP contribution in [-0.4, -0.2) is 43.5 Å². The van der Waals surface area contributed by atoms with Gasteiger partial charge in [0.05, 0.1) is 6.54 Å².